The molecule has 7 nitrogen and oxygen atoms in total. The van der Waals surface area contributed by atoms with Gasteiger partial charge in [0.2, 0.25) is 5.91 Å². The normalized spacial score (nSPS) is 12.3. The molecule has 1 aromatic heterocycles. The van der Waals surface area contributed by atoms with Gasteiger partial charge in [-0.15, -0.1) is 16.8 Å². The summed E-state index contributed by atoms with van der Waals surface area (Å²) in [6.07, 6.45) is 1.76. The first-order valence-electron chi connectivity index (χ1n) is 9.01. The molecule has 2 aromatic rings. The number of benzene rings is 1. The van der Waals surface area contributed by atoms with E-state index in [1.807, 2.05) is 16.7 Å². The number of nitrogens with one attached hydrogen (secondary N) is 2. The number of urea groups is 1. The molecule has 2 rings (SSSR count). The fraction of sp³-hybridized carbons (Fsp3) is 0.400. The first-order chi connectivity index (χ1) is 13.2. The predicted molar refractivity (Wildman–Crippen MR) is 112 cm³/mol. The number of rotatable bonds is 6. The fourth-order valence-corrected chi connectivity index (χ4v) is 3.35. The van der Waals surface area contributed by atoms with E-state index in [0.29, 0.717) is 17.5 Å². The van der Waals surface area contributed by atoms with Gasteiger partial charge >= 0.3 is 6.03 Å². The summed E-state index contributed by atoms with van der Waals surface area (Å²) >= 11 is 1.24. The van der Waals surface area contributed by atoms with Crippen LogP contribution >= 0.6 is 11.8 Å². The van der Waals surface area contributed by atoms with Crippen LogP contribution in [-0.4, -0.2) is 39.0 Å². The third-order valence-electron chi connectivity index (χ3n) is 4.15. The van der Waals surface area contributed by atoms with Crippen molar-refractivity contribution in [2.45, 2.75) is 50.1 Å². The third kappa shape index (κ3) is 5.22. The Morgan fingerprint density at radius 3 is 2.43 bits per heavy atom. The Morgan fingerprint density at radius 1 is 1.25 bits per heavy atom. The molecule has 28 heavy (non-hydrogen) atoms. The van der Waals surface area contributed by atoms with Gasteiger partial charge in [-0.1, -0.05) is 62.9 Å². The number of carbonyl (C=O) groups excluding carboxylic acids is 2. The van der Waals surface area contributed by atoms with Crippen LogP contribution in [0, 0.1) is 0 Å². The third-order valence-corrected chi connectivity index (χ3v) is 5.23. The number of hydrogen-bond donors (Lipinski definition) is 2. The summed E-state index contributed by atoms with van der Waals surface area (Å²) in [6, 6.07) is 7.70. The molecule has 150 valence electrons. The van der Waals surface area contributed by atoms with Crippen LogP contribution in [0.25, 0.3) is 11.4 Å². The zero-order chi connectivity index (χ0) is 20.9. The highest BCUT2D eigenvalue weighted by Gasteiger charge is 2.22. The van der Waals surface area contributed by atoms with Crippen LogP contribution in [0.4, 0.5) is 4.79 Å². The second-order valence-corrected chi connectivity index (χ2v) is 8.67. The van der Waals surface area contributed by atoms with Gasteiger partial charge in [-0.25, -0.2) is 4.79 Å². The van der Waals surface area contributed by atoms with Gasteiger partial charge in [0.15, 0.2) is 11.0 Å². The van der Waals surface area contributed by atoms with Crippen molar-refractivity contribution in [1.82, 2.24) is 25.4 Å². The van der Waals surface area contributed by atoms with E-state index in [-0.39, 0.29) is 5.41 Å². The lowest BCUT2D eigenvalue weighted by Gasteiger charge is -2.19. The summed E-state index contributed by atoms with van der Waals surface area (Å²) in [6.45, 7) is 12.5. The predicted octanol–water partition coefficient (Wildman–Crippen LogP) is 3.36. The Balaban J connectivity index is 2.27. The fourth-order valence-electron chi connectivity index (χ4n) is 2.49. The summed E-state index contributed by atoms with van der Waals surface area (Å²) in [5.41, 5.74) is 2.25. The lowest BCUT2D eigenvalue weighted by Crippen LogP contribution is -2.41. The van der Waals surface area contributed by atoms with Crippen LogP contribution in [-0.2, 0) is 16.8 Å². The average molecular weight is 402 g/mol. The van der Waals surface area contributed by atoms with Gasteiger partial charge in [0.05, 0.1) is 5.25 Å². The van der Waals surface area contributed by atoms with Crippen LogP contribution in [0.15, 0.2) is 42.1 Å². The van der Waals surface area contributed by atoms with E-state index >= 15 is 0 Å². The van der Waals surface area contributed by atoms with Crippen molar-refractivity contribution in [1.29, 1.82) is 0 Å². The molecule has 0 fully saturated rings. The molecule has 1 unspecified atom stereocenters. The highest BCUT2D eigenvalue weighted by atomic mass is 32.2. The highest BCUT2D eigenvalue weighted by molar-refractivity contribution is 8.00. The van der Waals surface area contributed by atoms with Crippen LogP contribution in [0.5, 0.6) is 0 Å². The number of hydrogen-bond acceptors (Lipinski definition) is 5. The van der Waals surface area contributed by atoms with Crippen molar-refractivity contribution in [2.75, 3.05) is 7.05 Å². The Labute approximate surface area is 170 Å². The number of aromatic nitrogens is 3. The quantitative estimate of drug-likeness (QED) is 0.572. The molecular weight excluding hydrogens is 374 g/mol. The molecule has 0 bridgehead atoms. The molecule has 3 amide bonds. The standard InChI is InChI=1S/C20H27N5O2S/c1-7-12-25-16(14-8-10-15(11-9-14)20(3,4)5)23-24-19(25)28-13(2)17(26)22-18(27)21-6/h7-11,13H,1,12H2,2-6H3,(H2,21,22,26,27). The highest BCUT2D eigenvalue weighted by Crippen LogP contribution is 2.29. The number of allylic oxidation sites excluding steroid dienone is 1. The van der Waals surface area contributed by atoms with E-state index in [2.05, 4.69) is 60.3 Å². The molecule has 1 atom stereocenters. The van der Waals surface area contributed by atoms with Crippen molar-refractivity contribution in [2.24, 2.45) is 0 Å². The Hall–Kier alpha value is -2.61. The summed E-state index contributed by atoms with van der Waals surface area (Å²) in [4.78, 5) is 23.5. The zero-order valence-corrected chi connectivity index (χ0v) is 17.8. The molecule has 0 saturated carbocycles. The Bertz CT molecular complexity index is 852. The average Bonchev–Trinajstić information content (AvgIpc) is 3.03. The summed E-state index contributed by atoms with van der Waals surface area (Å²) in [7, 11) is 1.46. The number of nitrogens with zero attached hydrogens (tertiary/aromatic N) is 3. The van der Waals surface area contributed by atoms with Gasteiger partial charge in [0.1, 0.15) is 0 Å². The van der Waals surface area contributed by atoms with Crippen molar-refractivity contribution >= 4 is 23.7 Å². The molecule has 0 spiro atoms. The summed E-state index contributed by atoms with van der Waals surface area (Å²) in [5.74, 6) is 0.315. The van der Waals surface area contributed by atoms with Crippen molar-refractivity contribution in [3.05, 3.63) is 42.5 Å². The molecule has 0 saturated heterocycles. The Kier molecular flexibility index (Phi) is 7.01. The van der Waals surface area contributed by atoms with E-state index in [0.717, 1.165) is 5.56 Å². The zero-order valence-electron chi connectivity index (χ0n) is 16.9. The van der Waals surface area contributed by atoms with Crippen molar-refractivity contribution in [3.63, 3.8) is 0 Å². The Morgan fingerprint density at radius 2 is 1.89 bits per heavy atom. The van der Waals surface area contributed by atoms with Gasteiger partial charge in [-0.2, -0.15) is 0 Å². The van der Waals surface area contributed by atoms with Crippen molar-refractivity contribution in [3.8, 4) is 11.4 Å². The van der Waals surface area contributed by atoms with Crippen molar-refractivity contribution < 1.29 is 9.59 Å². The number of imide groups is 1. The van der Waals surface area contributed by atoms with Gasteiger partial charge in [0.25, 0.3) is 0 Å². The summed E-state index contributed by atoms with van der Waals surface area (Å²) in [5, 5.41) is 13.3. The van der Waals surface area contributed by atoms with Crippen LogP contribution in [0.3, 0.4) is 0 Å². The minimum absolute atomic E-state index is 0.0713. The molecule has 0 aliphatic carbocycles. The smallest absolute Gasteiger partial charge is 0.321 e. The number of thioether (sulfide) groups is 1. The molecule has 2 N–H and O–H groups in total. The lowest BCUT2D eigenvalue weighted by atomic mass is 9.87. The maximum Gasteiger partial charge on any atom is 0.321 e. The van der Waals surface area contributed by atoms with Gasteiger partial charge in [-0.05, 0) is 17.9 Å². The van der Waals surface area contributed by atoms with Gasteiger partial charge in [0, 0.05) is 19.2 Å². The van der Waals surface area contributed by atoms with Gasteiger partial charge in [-0.3, -0.25) is 14.7 Å². The largest absolute Gasteiger partial charge is 0.341 e. The van der Waals surface area contributed by atoms with E-state index in [1.165, 1.54) is 24.4 Å². The number of carbonyl (C=O) groups is 2. The van der Waals surface area contributed by atoms with Crippen LogP contribution in [0.2, 0.25) is 0 Å². The molecule has 0 radical (unpaired) electrons. The van der Waals surface area contributed by atoms with E-state index < -0.39 is 17.2 Å². The maximum absolute atomic E-state index is 12.1. The number of amides is 3. The molecular formula is C20H27N5O2S. The first-order valence-corrected chi connectivity index (χ1v) is 9.89. The second-order valence-electron chi connectivity index (χ2n) is 7.36. The summed E-state index contributed by atoms with van der Waals surface area (Å²) < 4.78 is 1.91. The molecule has 1 heterocycles. The minimum Gasteiger partial charge on any atom is -0.341 e. The molecule has 0 aliphatic rings. The van der Waals surface area contributed by atoms with E-state index in [9.17, 15) is 9.59 Å². The SMILES string of the molecule is C=CCn1c(SC(C)C(=O)NC(=O)NC)nnc1-c1ccc(C(C)(C)C)cc1. The monoisotopic (exact) mass is 401 g/mol. The minimum atomic E-state index is -0.537. The van der Waals surface area contributed by atoms with E-state index in [1.54, 1.807) is 13.0 Å². The van der Waals surface area contributed by atoms with Crippen LogP contribution in [0.1, 0.15) is 33.3 Å². The molecule has 0 aliphatic heterocycles. The maximum atomic E-state index is 12.1. The molecule has 8 heteroatoms. The first kappa shape index (κ1) is 21.7. The second kappa shape index (κ2) is 9.05. The van der Waals surface area contributed by atoms with Gasteiger partial charge < -0.3 is 5.32 Å². The lowest BCUT2D eigenvalue weighted by molar-refractivity contribution is -0.119. The van der Waals surface area contributed by atoms with Crippen LogP contribution < -0.4 is 10.6 Å². The molecule has 1 aromatic carbocycles. The van der Waals surface area contributed by atoms with E-state index in [4.69, 9.17) is 0 Å². The topological polar surface area (TPSA) is 88.9 Å².